The maximum Gasteiger partial charge on any atom is 0.126 e. The number of benzene rings is 3. The van der Waals surface area contributed by atoms with Crippen molar-refractivity contribution in [2.75, 3.05) is 0 Å². The molecule has 0 aliphatic rings. The second kappa shape index (κ2) is 6.53. The quantitative estimate of drug-likeness (QED) is 0.415. The summed E-state index contributed by atoms with van der Waals surface area (Å²) in [6.45, 7) is 8.44. The fourth-order valence-corrected chi connectivity index (χ4v) is 3.80. The van der Waals surface area contributed by atoms with Gasteiger partial charge in [0.15, 0.2) is 0 Å². The van der Waals surface area contributed by atoms with Crippen LogP contribution in [0.5, 0.6) is 0 Å². The van der Waals surface area contributed by atoms with Gasteiger partial charge >= 0.3 is 0 Å². The van der Waals surface area contributed by atoms with E-state index in [4.69, 9.17) is 4.98 Å². The highest BCUT2D eigenvalue weighted by molar-refractivity contribution is 6.13. The molecule has 0 saturated carbocycles. The predicted octanol–water partition coefficient (Wildman–Crippen LogP) is 6.19. The summed E-state index contributed by atoms with van der Waals surface area (Å²) in [5, 5.41) is 3.70. The maximum atomic E-state index is 4.74. The van der Waals surface area contributed by atoms with Gasteiger partial charge in [-0.1, -0.05) is 56.3 Å². The fraction of sp³-hybridized carbons (Fsp3) is 0.250. The molecule has 0 radical (unpaired) electrons. The van der Waals surface area contributed by atoms with Crippen molar-refractivity contribution in [1.82, 2.24) is 9.97 Å². The number of hydrogen-bond donors (Lipinski definition) is 0. The van der Waals surface area contributed by atoms with E-state index in [0.29, 0.717) is 0 Å². The van der Waals surface area contributed by atoms with E-state index in [-0.39, 0.29) is 0 Å². The molecule has 0 atom stereocenters. The molecule has 1 heterocycles. The van der Waals surface area contributed by atoms with Crippen LogP contribution in [0.4, 0.5) is 0 Å². The van der Waals surface area contributed by atoms with Crippen molar-refractivity contribution in [2.24, 2.45) is 0 Å². The molecule has 0 aliphatic carbocycles. The molecule has 0 spiro atoms. The van der Waals surface area contributed by atoms with Crippen LogP contribution in [-0.2, 0) is 12.8 Å². The minimum absolute atomic E-state index is 0.826. The van der Waals surface area contributed by atoms with Gasteiger partial charge in [0.1, 0.15) is 5.82 Å². The minimum Gasteiger partial charge on any atom is -0.238 e. The van der Waals surface area contributed by atoms with Gasteiger partial charge in [0.2, 0.25) is 0 Å². The van der Waals surface area contributed by atoms with Crippen molar-refractivity contribution in [2.45, 2.75) is 40.5 Å². The average molecular weight is 340 g/mol. The summed E-state index contributed by atoms with van der Waals surface area (Å²) >= 11 is 0. The molecule has 0 saturated heterocycles. The molecule has 2 heteroatoms. The topological polar surface area (TPSA) is 25.8 Å². The molecule has 4 aromatic rings. The van der Waals surface area contributed by atoms with Gasteiger partial charge in [0, 0.05) is 11.1 Å². The van der Waals surface area contributed by atoms with E-state index >= 15 is 0 Å². The van der Waals surface area contributed by atoms with Gasteiger partial charge < -0.3 is 0 Å². The third-order valence-electron chi connectivity index (χ3n) is 5.24. The van der Waals surface area contributed by atoms with Crippen LogP contribution in [0, 0.1) is 13.8 Å². The van der Waals surface area contributed by atoms with E-state index < -0.39 is 0 Å². The Balaban J connectivity index is 2.11. The van der Waals surface area contributed by atoms with Crippen LogP contribution in [0.3, 0.4) is 0 Å². The van der Waals surface area contributed by atoms with Crippen molar-refractivity contribution in [1.29, 1.82) is 0 Å². The van der Waals surface area contributed by atoms with Crippen molar-refractivity contribution in [3.63, 3.8) is 0 Å². The summed E-state index contributed by atoms with van der Waals surface area (Å²) in [5.41, 5.74) is 7.30. The Morgan fingerprint density at radius 1 is 0.731 bits per heavy atom. The number of aromatic nitrogens is 2. The predicted molar refractivity (Wildman–Crippen MR) is 111 cm³/mol. The van der Waals surface area contributed by atoms with Gasteiger partial charge in [-0.05, 0) is 65.8 Å². The molecule has 0 N–H and O–H groups in total. The van der Waals surface area contributed by atoms with E-state index in [0.717, 1.165) is 29.9 Å². The van der Waals surface area contributed by atoms with Crippen LogP contribution < -0.4 is 0 Å². The van der Waals surface area contributed by atoms with Crippen molar-refractivity contribution >= 4 is 21.7 Å². The van der Waals surface area contributed by atoms with Crippen LogP contribution in [0.25, 0.3) is 32.8 Å². The first-order valence-corrected chi connectivity index (χ1v) is 9.40. The zero-order valence-corrected chi connectivity index (χ0v) is 15.9. The highest BCUT2D eigenvalue weighted by Gasteiger charge is 2.13. The van der Waals surface area contributed by atoms with Crippen LogP contribution in [0.2, 0.25) is 0 Å². The Labute approximate surface area is 154 Å². The molecular weight excluding hydrogens is 316 g/mol. The molecule has 130 valence electrons. The lowest BCUT2D eigenvalue weighted by molar-refractivity contribution is 1.05. The summed E-state index contributed by atoms with van der Waals surface area (Å²) in [7, 11) is 0. The first kappa shape index (κ1) is 16.7. The Kier molecular flexibility index (Phi) is 4.20. The summed E-state index contributed by atoms with van der Waals surface area (Å²) in [6.07, 6.45) is 2.09. The van der Waals surface area contributed by atoms with Gasteiger partial charge in [0.25, 0.3) is 0 Å². The van der Waals surface area contributed by atoms with Gasteiger partial charge in [-0.25, -0.2) is 9.97 Å². The maximum absolute atomic E-state index is 4.74. The lowest BCUT2D eigenvalue weighted by Gasteiger charge is -2.14. The number of rotatable bonds is 3. The molecule has 3 aromatic carbocycles. The third-order valence-corrected chi connectivity index (χ3v) is 5.24. The molecule has 0 amide bonds. The zero-order chi connectivity index (χ0) is 18.3. The zero-order valence-electron chi connectivity index (χ0n) is 15.9. The van der Waals surface area contributed by atoms with E-state index in [1.807, 2.05) is 6.92 Å². The Morgan fingerprint density at radius 3 is 2.12 bits per heavy atom. The van der Waals surface area contributed by atoms with Crippen molar-refractivity contribution in [3.05, 3.63) is 71.2 Å². The summed E-state index contributed by atoms with van der Waals surface area (Å²) < 4.78 is 0. The fourth-order valence-electron chi connectivity index (χ4n) is 3.80. The number of nitrogens with zero attached hydrogens (tertiary/aromatic N) is 2. The number of aryl methyl sites for hydroxylation is 4. The first-order valence-electron chi connectivity index (χ1n) is 9.40. The average Bonchev–Trinajstić information content (AvgIpc) is 2.66. The minimum atomic E-state index is 0.826. The Morgan fingerprint density at radius 2 is 1.42 bits per heavy atom. The van der Waals surface area contributed by atoms with E-state index in [9.17, 15) is 0 Å². The monoisotopic (exact) mass is 340 g/mol. The highest BCUT2D eigenvalue weighted by Crippen LogP contribution is 2.36. The van der Waals surface area contributed by atoms with Gasteiger partial charge in [0.05, 0.1) is 5.52 Å². The summed E-state index contributed by atoms with van der Waals surface area (Å²) in [6, 6.07) is 18.0. The second-order valence-corrected chi connectivity index (χ2v) is 6.96. The third kappa shape index (κ3) is 2.76. The Bertz CT molecular complexity index is 1110. The summed E-state index contributed by atoms with van der Waals surface area (Å²) in [4.78, 5) is 9.35. The lowest BCUT2D eigenvalue weighted by atomic mass is 9.92. The van der Waals surface area contributed by atoms with E-state index in [1.165, 1.54) is 38.4 Å². The first-order chi connectivity index (χ1) is 12.6. The molecule has 4 rings (SSSR count). The molecule has 26 heavy (non-hydrogen) atoms. The van der Waals surface area contributed by atoms with Gasteiger partial charge in [-0.3, -0.25) is 0 Å². The molecule has 0 unspecified atom stereocenters. The molecule has 0 aliphatic heterocycles. The van der Waals surface area contributed by atoms with Crippen molar-refractivity contribution < 1.29 is 0 Å². The lowest BCUT2D eigenvalue weighted by Crippen LogP contribution is -1.96. The van der Waals surface area contributed by atoms with Crippen LogP contribution in [0.15, 0.2) is 48.5 Å². The Hall–Kier alpha value is -2.74. The standard InChI is InChI=1S/C24H24N2/c1-5-17-7-10-19(11-8-17)21-14-23-24(15(3)25-16(4)26-23)20-12-9-18(6-2)13-22(20)21/h7-14H,5-6H2,1-4H3. The van der Waals surface area contributed by atoms with Crippen LogP contribution in [-0.4, -0.2) is 9.97 Å². The van der Waals surface area contributed by atoms with E-state index in [2.05, 4.69) is 74.3 Å². The molecule has 2 nitrogen and oxygen atoms in total. The van der Waals surface area contributed by atoms with Crippen LogP contribution >= 0.6 is 0 Å². The highest BCUT2D eigenvalue weighted by atomic mass is 14.9. The summed E-state index contributed by atoms with van der Waals surface area (Å²) in [5.74, 6) is 0.826. The van der Waals surface area contributed by atoms with Crippen molar-refractivity contribution in [3.8, 4) is 11.1 Å². The smallest absolute Gasteiger partial charge is 0.126 e. The molecule has 0 fully saturated rings. The van der Waals surface area contributed by atoms with Crippen LogP contribution in [0.1, 0.15) is 36.5 Å². The van der Waals surface area contributed by atoms with Gasteiger partial charge in [-0.15, -0.1) is 0 Å². The SMILES string of the molecule is CCc1ccc(-c2cc3nc(C)nc(C)c3c3ccc(CC)cc23)cc1. The largest absolute Gasteiger partial charge is 0.238 e. The molecular formula is C24H24N2. The molecule has 0 bridgehead atoms. The molecule has 1 aromatic heterocycles. The number of fused-ring (bicyclic) bond motifs is 3. The normalized spacial score (nSPS) is 11.4. The van der Waals surface area contributed by atoms with E-state index in [1.54, 1.807) is 0 Å². The second-order valence-electron chi connectivity index (χ2n) is 6.96. The number of hydrogen-bond acceptors (Lipinski definition) is 2. The van der Waals surface area contributed by atoms with Gasteiger partial charge in [-0.2, -0.15) is 0 Å².